The lowest BCUT2D eigenvalue weighted by atomic mass is 9.86. The molecule has 0 radical (unpaired) electrons. The van der Waals surface area contributed by atoms with E-state index >= 15 is 0 Å². The van der Waals surface area contributed by atoms with Crippen molar-refractivity contribution in [1.29, 1.82) is 0 Å². The van der Waals surface area contributed by atoms with Gasteiger partial charge in [0.1, 0.15) is 0 Å². The van der Waals surface area contributed by atoms with Gasteiger partial charge in [0, 0.05) is 31.9 Å². The second kappa shape index (κ2) is 3.75. The molecule has 2 aliphatic heterocycles. The molecular weight excluding hydrogens is 198 g/mol. The number of hydrogen-bond donors (Lipinski definition) is 2. The van der Waals surface area contributed by atoms with Gasteiger partial charge in [0.2, 0.25) is 0 Å². The van der Waals surface area contributed by atoms with Crippen molar-refractivity contribution in [3.63, 3.8) is 0 Å². The Bertz CT molecular complexity index is 379. The zero-order chi connectivity index (χ0) is 11.0. The minimum absolute atomic E-state index is 0.177. The van der Waals surface area contributed by atoms with Gasteiger partial charge in [-0.05, 0) is 24.5 Å². The van der Waals surface area contributed by atoms with Crippen molar-refractivity contribution in [3.05, 3.63) is 29.8 Å². The molecule has 86 valence electrons. The molecular formula is C13H19N3. The van der Waals surface area contributed by atoms with Crippen LogP contribution < -0.4 is 16.0 Å². The topological polar surface area (TPSA) is 41.3 Å². The molecule has 1 aromatic rings. The first kappa shape index (κ1) is 10.1. The van der Waals surface area contributed by atoms with Gasteiger partial charge in [-0.25, -0.2) is 0 Å². The van der Waals surface area contributed by atoms with Crippen molar-refractivity contribution in [2.45, 2.75) is 18.4 Å². The van der Waals surface area contributed by atoms with Gasteiger partial charge >= 0.3 is 0 Å². The lowest BCUT2D eigenvalue weighted by Crippen LogP contribution is -2.73. The summed E-state index contributed by atoms with van der Waals surface area (Å²) in [4.78, 5) is 2.53. The van der Waals surface area contributed by atoms with Crippen LogP contribution in [0.25, 0.3) is 0 Å². The standard InChI is InChI=1S/C13H19N3/c14-8-13(9-15-10-13)16-7-3-5-11-4-1-2-6-12(11)16/h1-2,4,6,15H,3,5,7-10,14H2. The van der Waals surface area contributed by atoms with Crippen molar-refractivity contribution in [3.8, 4) is 0 Å². The Morgan fingerprint density at radius 2 is 2.12 bits per heavy atom. The number of nitrogens with one attached hydrogen (secondary N) is 1. The number of anilines is 1. The van der Waals surface area contributed by atoms with Gasteiger partial charge in [0.25, 0.3) is 0 Å². The summed E-state index contributed by atoms with van der Waals surface area (Å²) in [5.41, 5.74) is 9.04. The van der Waals surface area contributed by atoms with E-state index in [-0.39, 0.29) is 5.54 Å². The average molecular weight is 217 g/mol. The Balaban J connectivity index is 1.98. The van der Waals surface area contributed by atoms with E-state index in [1.165, 1.54) is 24.1 Å². The molecule has 16 heavy (non-hydrogen) atoms. The van der Waals surface area contributed by atoms with Crippen LogP contribution >= 0.6 is 0 Å². The molecule has 0 bridgehead atoms. The molecule has 1 aromatic carbocycles. The molecule has 0 amide bonds. The summed E-state index contributed by atoms with van der Waals surface area (Å²) >= 11 is 0. The molecule has 3 nitrogen and oxygen atoms in total. The highest BCUT2D eigenvalue weighted by atomic mass is 15.3. The fraction of sp³-hybridized carbons (Fsp3) is 0.538. The van der Waals surface area contributed by atoms with Gasteiger partial charge in [-0.1, -0.05) is 18.2 Å². The second-order valence-corrected chi connectivity index (χ2v) is 4.92. The molecule has 1 saturated heterocycles. The van der Waals surface area contributed by atoms with Crippen LogP contribution in [0.2, 0.25) is 0 Å². The van der Waals surface area contributed by atoms with E-state index in [2.05, 4.69) is 34.5 Å². The highest BCUT2D eigenvalue weighted by molar-refractivity contribution is 5.58. The van der Waals surface area contributed by atoms with Crippen LogP contribution in [0.5, 0.6) is 0 Å². The average Bonchev–Trinajstić information content (AvgIpc) is 2.29. The minimum Gasteiger partial charge on any atom is -0.362 e. The van der Waals surface area contributed by atoms with E-state index in [9.17, 15) is 0 Å². The van der Waals surface area contributed by atoms with Gasteiger partial charge < -0.3 is 16.0 Å². The quantitative estimate of drug-likeness (QED) is 0.768. The van der Waals surface area contributed by atoms with E-state index in [0.717, 1.165) is 26.2 Å². The maximum atomic E-state index is 5.98. The molecule has 2 aliphatic rings. The number of aryl methyl sites for hydroxylation is 1. The van der Waals surface area contributed by atoms with Crippen LogP contribution in [0.1, 0.15) is 12.0 Å². The molecule has 0 aliphatic carbocycles. The number of benzene rings is 1. The van der Waals surface area contributed by atoms with Gasteiger partial charge in [0.15, 0.2) is 0 Å². The first-order chi connectivity index (χ1) is 7.86. The SMILES string of the molecule is NCC1(N2CCCc3ccccc32)CNC1. The normalized spacial score (nSPS) is 22.4. The van der Waals surface area contributed by atoms with E-state index in [4.69, 9.17) is 5.73 Å². The predicted octanol–water partition coefficient (Wildman–Crippen LogP) is 0.740. The summed E-state index contributed by atoms with van der Waals surface area (Å²) < 4.78 is 0. The summed E-state index contributed by atoms with van der Waals surface area (Å²) in [5.74, 6) is 0. The van der Waals surface area contributed by atoms with Crippen molar-refractivity contribution >= 4 is 5.69 Å². The minimum atomic E-state index is 0.177. The lowest BCUT2D eigenvalue weighted by molar-refractivity contribution is 0.262. The number of nitrogens with zero attached hydrogens (tertiary/aromatic N) is 1. The van der Waals surface area contributed by atoms with Crippen LogP contribution in [0, 0.1) is 0 Å². The Hall–Kier alpha value is -1.06. The van der Waals surface area contributed by atoms with Crippen molar-refractivity contribution < 1.29 is 0 Å². The van der Waals surface area contributed by atoms with Crippen molar-refractivity contribution in [1.82, 2.24) is 5.32 Å². The summed E-state index contributed by atoms with van der Waals surface area (Å²) in [5, 5.41) is 3.36. The molecule has 3 heteroatoms. The second-order valence-electron chi connectivity index (χ2n) is 4.92. The zero-order valence-corrected chi connectivity index (χ0v) is 9.58. The summed E-state index contributed by atoms with van der Waals surface area (Å²) in [6.07, 6.45) is 2.46. The predicted molar refractivity (Wildman–Crippen MR) is 66.8 cm³/mol. The molecule has 2 heterocycles. The zero-order valence-electron chi connectivity index (χ0n) is 9.58. The molecule has 0 spiro atoms. The third-order valence-corrected chi connectivity index (χ3v) is 3.97. The largest absolute Gasteiger partial charge is 0.362 e. The molecule has 3 N–H and O–H groups in total. The van der Waals surface area contributed by atoms with Gasteiger partial charge in [-0.3, -0.25) is 0 Å². The molecule has 0 saturated carbocycles. The molecule has 3 rings (SSSR count). The van der Waals surface area contributed by atoms with Gasteiger partial charge in [-0.15, -0.1) is 0 Å². The molecule has 0 aromatic heterocycles. The van der Waals surface area contributed by atoms with Crippen LogP contribution in [-0.2, 0) is 6.42 Å². The van der Waals surface area contributed by atoms with E-state index in [1.807, 2.05) is 0 Å². The number of fused-ring (bicyclic) bond motifs is 1. The Labute approximate surface area is 96.6 Å². The Kier molecular flexibility index (Phi) is 2.37. The van der Waals surface area contributed by atoms with Gasteiger partial charge in [-0.2, -0.15) is 0 Å². The number of nitrogens with two attached hydrogens (primary N) is 1. The fourth-order valence-corrected chi connectivity index (χ4v) is 2.89. The van der Waals surface area contributed by atoms with E-state index < -0.39 is 0 Å². The lowest BCUT2D eigenvalue weighted by Gasteiger charge is -2.53. The first-order valence-corrected chi connectivity index (χ1v) is 6.12. The number of para-hydroxylation sites is 1. The molecule has 0 unspecified atom stereocenters. The van der Waals surface area contributed by atoms with E-state index in [0.29, 0.717) is 0 Å². The maximum absolute atomic E-state index is 5.98. The van der Waals surface area contributed by atoms with Crippen LogP contribution in [0.15, 0.2) is 24.3 Å². The van der Waals surface area contributed by atoms with Crippen LogP contribution in [0.4, 0.5) is 5.69 Å². The first-order valence-electron chi connectivity index (χ1n) is 6.12. The van der Waals surface area contributed by atoms with Gasteiger partial charge in [0.05, 0.1) is 5.54 Å². The molecule has 1 fully saturated rings. The Morgan fingerprint density at radius 1 is 1.31 bits per heavy atom. The Morgan fingerprint density at radius 3 is 2.81 bits per heavy atom. The van der Waals surface area contributed by atoms with Crippen LogP contribution in [0.3, 0.4) is 0 Å². The monoisotopic (exact) mass is 217 g/mol. The highest BCUT2D eigenvalue weighted by Gasteiger charge is 2.42. The maximum Gasteiger partial charge on any atom is 0.0771 e. The van der Waals surface area contributed by atoms with Crippen LogP contribution in [-0.4, -0.2) is 31.7 Å². The number of hydrogen-bond acceptors (Lipinski definition) is 3. The molecule has 0 atom stereocenters. The highest BCUT2D eigenvalue weighted by Crippen LogP contribution is 2.33. The summed E-state index contributed by atoms with van der Waals surface area (Å²) in [7, 11) is 0. The third kappa shape index (κ3) is 1.35. The smallest absolute Gasteiger partial charge is 0.0771 e. The summed E-state index contributed by atoms with van der Waals surface area (Å²) in [6.45, 7) is 3.94. The fourth-order valence-electron chi connectivity index (χ4n) is 2.89. The van der Waals surface area contributed by atoms with E-state index in [1.54, 1.807) is 0 Å². The van der Waals surface area contributed by atoms with Crippen molar-refractivity contribution in [2.75, 3.05) is 31.1 Å². The third-order valence-electron chi connectivity index (χ3n) is 3.97. The summed E-state index contributed by atoms with van der Waals surface area (Å²) in [6, 6.07) is 8.76. The van der Waals surface area contributed by atoms with Crippen molar-refractivity contribution in [2.24, 2.45) is 5.73 Å². The number of rotatable bonds is 2.